The summed E-state index contributed by atoms with van der Waals surface area (Å²) in [6, 6.07) is 0.132. The van der Waals surface area contributed by atoms with Crippen LogP contribution in [-0.2, 0) is 0 Å². The Morgan fingerprint density at radius 3 is 2.30 bits per heavy atom. The van der Waals surface area contributed by atoms with Gasteiger partial charge in [-0.3, -0.25) is 0 Å². The molecule has 1 saturated heterocycles. The van der Waals surface area contributed by atoms with Crippen LogP contribution in [0.15, 0.2) is 0 Å². The van der Waals surface area contributed by atoms with E-state index in [0.29, 0.717) is 0 Å². The summed E-state index contributed by atoms with van der Waals surface area (Å²) in [6.45, 7) is 0.914. The normalized spacial score (nSPS) is 46.0. The van der Waals surface area contributed by atoms with E-state index >= 15 is 0 Å². The van der Waals surface area contributed by atoms with Gasteiger partial charge in [-0.15, -0.1) is 0 Å². The lowest BCUT2D eigenvalue weighted by atomic mass is 9.53. The van der Waals surface area contributed by atoms with Crippen LogP contribution in [0.25, 0.3) is 0 Å². The third-order valence-electron chi connectivity index (χ3n) is 6.26. The molecule has 0 aromatic carbocycles. The van der Waals surface area contributed by atoms with Crippen molar-refractivity contribution >= 4 is 6.03 Å². The number of nitrogens with zero attached hydrogens (tertiary/aromatic N) is 1. The van der Waals surface area contributed by atoms with E-state index in [0.717, 1.165) is 37.1 Å². The van der Waals surface area contributed by atoms with Crippen LogP contribution in [-0.4, -0.2) is 40.8 Å². The van der Waals surface area contributed by atoms with E-state index in [9.17, 15) is 9.90 Å². The summed E-state index contributed by atoms with van der Waals surface area (Å²) in [4.78, 5) is 14.5. The van der Waals surface area contributed by atoms with E-state index in [1.807, 2.05) is 4.90 Å². The maximum Gasteiger partial charge on any atom is 0.318 e. The summed E-state index contributed by atoms with van der Waals surface area (Å²) < 4.78 is 0. The van der Waals surface area contributed by atoms with Gasteiger partial charge in [-0.2, -0.15) is 0 Å². The van der Waals surface area contributed by atoms with Crippen LogP contribution in [0.4, 0.5) is 4.79 Å². The quantitative estimate of drug-likeness (QED) is 0.813. The zero-order valence-corrected chi connectivity index (χ0v) is 12.2. The number of carbonyl (C=O) groups is 1. The van der Waals surface area contributed by atoms with Gasteiger partial charge in [0.2, 0.25) is 0 Å². The number of hydrogen-bond donors (Lipinski definition) is 2. The van der Waals surface area contributed by atoms with Gasteiger partial charge in [-0.25, -0.2) is 4.79 Å². The van der Waals surface area contributed by atoms with Gasteiger partial charge in [0.15, 0.2) is 0 Å². The fraction of sp³-hybridized carbons (Fsp3) is 0.938. The lowest BCUT2D eigenvalue weighted by Gasteiger charge is -2.57. The minimum Gasteiger partial charge on any atom is -0.394 e. The molecule has 0 unspecified atom stereocenters. The molecule has 5 aliphatic rings. The number of aliphatic hydroxyl groups excluding tert-OH is 1. The molecule has 5 fully saturated rings. The highest BCUT2D eigenvalue weighted by atomic mass is 16.3. The van der Waals surface area contributed by atoms with Crippen molar-refractivity contribution in [3.05, 3.63) is 0 Å². The Balaban J connectivity index is 1.47. The first-order valence-corrected chi connectivity index (χ1v) is 8.37. The lowest BCUT2D eigenvalue weighted by Crippen LogP contribution is -2.62. The summed E-state index contributed by atoms with van der Waals surface area (Å²) in [5.41, 5.74) is 0.0917. The molecule has 0 aromatic heterocycles. The highest BCUT2D eigenvalue weighted by Gasteiger charge is 2.52. The Bertz CT molecular complexity index is 374. The number of nitrogens with one attached hydrogen (secondary N) is 1. The molecule has 0 radical (unpaired) electrons. The highest BCUT2D eigenvalue weighted by molar-refractivity contribution is 5.76. The zero-order valence-electron chi connectivity index (χ0n) is 12.2. The Labute approximate surface area is 120 Å². The molecule has 5 rings (SSSR count). The Hall–Kier alpha value is -0.770. The molecule has 20 heavy (non-hydrogen) atoms. The Morgan fingerprint density at radius 2 is 1.75 bits per heavy atom. The third kappa shape index (κ3) is 2.03. The average molecular weight is 278 g/mol. The highest BCUT2D eigenvalue weighted by Crippen LogP contribution is 2.55. The molecule has 4 nitrogen and oxygen atoms in total. The number of rotatable bonds is 2. The summed E-state index contributed by atoms with van der Waals surface area (Å²) in [5.74, 6) is 2.57. The van der Waals surface area contributed by atoms with E-state index in [1.165, 1.54) is 38.5 Å². The monoisotopic (exact) mass is 278 g/mol. The number of carbonyl (C=O) groups excluding carboxylic acids is 1. The van der Waals surface area contributed by atoms with Crippen LogP contribution in [0.1, 0.15) is 51.4 Å². The van der Waals surface area contributed by atoms with Crippen molar-refractivity contribution in [1.29, 1.82) is 0 Å². The maximum absolute atomic E-state index is 12.6. The van der Waals surface area contributed by atoms with E-state index in [4.69, 9.17) is 0 Å². The molecule has 4 heteroatoms. The van der Waals surface area contributed by atoms with Gasteiger partial charge in [0.25, 0.3) is 0 Å². The number of amides is 2. The standard InChI is InChI=1S/C16H26N2O2/c19-10-14-2-1-3-18(14)15(20)17-16-7-11-4-12(8-16)6-13(5-11)9-16/h11-14,19H,1-10H2,(H,17,20)/t11?,12?,13?,14-,16?/m1/s1. The first-order chi connectivity index (χ1) is 9.67. The second-order valence-electron chi connectivity index (χ2n) is 7.80. The number of urea groups is 1. The van der Waals surface area contributed by atoms with Crippen molar-refractivity contribution in [1.82, 2.24) is 10.2 Å². The summed E-state index contributed by atoms with van der Waals surface area (Å²) >= 11 is 0. The molecular weight excluding hydrogens is 252 g/mol. The third-order valence-corrected chi connectivity index (χ3v) is 6.26. The average Bonchev–Trinajstić information content (AvgIpc) is 2.84. The first kappa shape index (κ1) is 12.9. The van der Waals surface area contributed by atoms with Crippen LogP contribution < -0.4 is 5.32 Å². The van der Waals surface area contributed by atoms with Crippen LogP contribution in [0.2, 0.25) is 0 Å². The molecule has 0 aromatic rings. The fourth-order valence-electron chi connectivity index (χ4n) is 5.86. The fourth-order valence-corrected chi connectivity index (χ4v) is 5.86. The molecule has 2 amide bonds. The van der Waals surface area contributed by atoms with Crippen molar-refractivity contribution in [3.63, 3.8) is 0 Å². The smallest absolute Gasteiger partial charge is 0.318 e. The Morgan fingerprint density at radius 1 is 1.15 bits per heavy atom. The van der Waals surface area contributed by atoms with E-state index in [-0.39, 0.29) is 24.2 Å². The van der Waals surface area contributed by atoms with E-state index in [2.05, 4.69) is 5.32 Å². The second kappa shape index (κ2) is 4.62. The molecule has 2 N–H and O–H groups in total. The molecule has 1 heterocycles. The van der Waals surface area contributed by atoms with Gasteiger partial charge in [-0.05, 0) is 69.1 Å². The van der Waals surface area contributed by atoms with E-state index in [1.54, 1.807) is 0 Å². The Kier molecular flexibility index (Phi) is 2.99. The summed E-state index contributed by atoms with van der Waals surface area (Å²) in [5, 5.41) is 12.8. The molecular formula is C16H26N2O2. The van der Waals surface area contributed by atoms with Gasteiger partial charge in [-0.1, -0.05) is 0 Å². The molecule has 1 atom stereocenters. The minimum absolute atomic E-state index is 0.0453. The zero-order chi connectivity index (χ0) is 13.7. The molecule has 1 aliphatic heterocycles. The van der Waals surface area contributed by atoms with Crippen molar-refractivity contribution in [2.24, 2.45) is 17.8 Å². The van der Waals surface area contributed by atoms with Crippen LogP contribution in [0.3, 0.4) is 0 Å². The van der Waals surface area contributed by atoms with Crippen molar-refractivity contribution in [3.8, 4) is 0 Å². The lowest BCUT2D eigenvalue weighted by molar-refractivity contribution is -0.0162. The van der Waals surface area contributed by atoms with Crippen molar-refractivity contribution in [2.45, 2.75) is 62.9 Å². The van der Waals surface area contributed by atoms with Crippen molar-refractivity contribution in [2.75, 3.05) is 13.2 Å². The number of hydrogen-bond acceptors (Lipinski definition) is 2. The van der Waals surface area contributed by atoms with Crippen molar-refractivity contribution < 1.29 is 9.90 Å². The van der Waals surface area contributed by atoms with Crippen LogP contribution >= 0.6 is 0 Å². The van der Waals surface area contributed by atoms with Gasteiger partial charge >= 0.3 is 6.03 Å². The molecule has 4 saturated carbocycles. The molecule has 4 aliphatic carbocycles. The summed E-state index contributed by atoms with van der Waals surface area (Å²) in [7, 11) is 0. The topological polar surface area (TPSA) is 52.6 Å². The van der Waals surface area contributed by atoms with E-state index < -0.39 is 0 Å². The van der Waals surface area contributed by atoms with Crippen LogP contribution in [0.5, 0.6) is 0 Å². The predicted octanol–water partition coefficient (Wildman–Crippen LogP) is 2.12. The van der Waals surface area contributed by atoms with Crippen LogP contribution in [0, 0.1) is 17.8 Å². The van der Waals surface area contributed by atoms with Gasteiger partial charge in [0.1, 0.15) is 0 Å². The number of likely N-dealkylation sites (tertiary alicyclic amines) is 1. The number of aliphatic hydroxyl groups is 1. The molecule has 112 valence electrons. The molecule has 0 spiro atoms. The predicted molar refractivity (Wildman–Crippen MR) is 76.2 cm³/mol. The second-order valence-corrected chi connectivity index (χ2v) is 7.80. The van der Waals surface area contributed by atoms with Gasteiger partial charge in [0, 0.05) is 12.1 Å². The molecule has 4 bridgehead atoms. The minimum atomic E-state index is 0.0453. The largest absolute Gasteiger partial charge is 0.394 e. The maximum atomic E-state index is 12.6. The van der Waals surface area contributed by atoms with Gasteiger partial charge < -0.3 is 15.3 Å². The SMILES string of the molecule is O=C(NC12CC3CC(CC(C3)C1)C2)N1CCC[C@@H]1CO. The first-order valence-electron chi connectivity index (χ1n) is 8.37. The summed E-state index contributed by atoms with van der Waals surface area (Å²) in [6.07, 6.45) is 9.77. The van der Waals surface area contributed by atoms with Gasteiger partial charge in [0.05, 0.1) is 12.6 Å².